The van der Waals surface area contributed by atoms with Crippen molar-refractivity contribution in [3.05, 3.63) is 155 Å². The zero-order valence-corrected chi connectivity index (χ0v) is 40.0. The van der Waals surface area contributed by atoms with Crippen molar-refractivity contribution >= 4 is 80.1 Å². The molecule has 2 aromatic heterocycles. The van der Waals surface area contributed by atoms with Gasteiger partial charge < -0.3 is 40.5 Å². The molecule has 0 saturated carbocycles. The molecule has 0 aliphatic carbocycles. The van der Waals surface area contributed by atoms with Crippen LogP contribution in [0.15, 0.2) is 116 Å². The van der Waals surface area contributed by atoms with E-state index in [1.54, 1.807) is 12.4 Å². The first-order valence-electron chi connectivity index (χ1n) is 23.2. The highest BCUT2D eigenvalue weighted by molar-refractivity contribution is 6.30. The fraction of sp³-hybridized carbons (Fsp3) is 0.176. The third-order valence-corrected chi connectivity index (χ3v) is 12.3. The Balaban J connectivity index is 1.03. The molecule has 25 heteroatoms. The molecule has 4 N–H and O–H groups in total. The van der Waals surface area contributed by atoms with Gasteiger partial charge in [0.1, 0.15) is 29.0 Å². The van der Waals surface area contributed by atoms with Crippen LogP contribution in [0.5, 0.6) is 23.0 Å². The van der Waals surface area contributed by atoms with Gasteiger partial charge in [0.25, 0.3) is 0 Å². The monoisotopic (exact) mass is 1070 g/mol. The fourth-order valence-electron chi connectivity index (χ4n) is 8.28. The van der Waals surface area contributed by atoms with E-state index in [1.165, 1.54) is 36.4 Å². The van der Waals surface area contributed by atoms with Crippen LogP contribution in [0.4, 0.5) is 79.1 Å². The van der Waals surface area contributed by atoms with E-state index >= 15 is 22.0 Å². The largest absolute Gasteiger partial charge is 0.454 e. The lowest BCUT2D eigenvalue weighted by molar-refractivity contribution is -0.137. The van der Waals surface area contributed by atoms with Crippen LogP contribution in [0.2, 0.25) is 5.02 Å². The Hall–Kier alpha value is -8.61. The maximum atomic E-state index is 16.0. The highest BCUT2D eigenvalue weighted by Gasteiger charge is 2.35. The van der Waals surface area contributed by atoms with E-state index in [4.69, 9.17) is 21.1 Å². The van der Waals surface area contributed by atoms with Crippen LogP contribution in [0.25, 0.3) is 22.1 Å². The number of alkyl halides is 3. The topological polar surface area (TPSA) is 165 Å². The van der Waals surface area contributed by atoms with Gasteiger partial charge in [-0.25, -0.2) is 32.7 Å². The molecule has 2 aliphatic rings. The normalized spacial score (nSPS) is 13.9. The number of amides is 4. The summed E-state index contributed by atoms with van der Waals surface area (Å²) < 4.78 is 132. The summed E-state index contributed by atoms with van der Waals surface area (Å²) in [7, 11) is 0. The molecule has 2 aliphatic heterocycles. The lowest BCUT2D eigenvalue weighted by atomic mass is 10.2. The smallest absolute Gasteiger partial charge is 0.416 e. The van der Waals surface area contributed by atoms with Crippen molar-refractivity contribution in [3.8, 4) is 23.0 Å². The maximum absolute atomic E-state index is 16.0. The second-order valence-electron chi connectivity index (χ2n) is 17.1. The Morgan fingerprint density at radius 1 is 0.566 bits per heavy atom. The quantitative estimate of drug-likeness (QED) is 0.0758. The molecule has 2 saturated heterocycles. The summed E-state index contributed by atoms with van der Waals surface area (Å²) in [6.45, 7) is 5.46. The minimum Gasteiger partial charge on any atom is -0.454 e. The molecular formula is C51H39ClF8N12O4. The highest BCUT2D eigenvalue weighted by Crippen LogP contribution is 2.38. The third kappa shape index (κ3) is 11.1. The number of urea groups is 2. The highest BCUT2D eigenvalue weighted by atomic mass is 35.5. The molecule has 0 radical (unpaired) electrons. The van der Waals surface area contributed by atoms with Crippen molar-refractivity contribution in [1.82, 2.24) is 30.6 Å². The lowest BCUT2D eigenvalue weighted by Crippen LogP contribution is -2.54. The second kappa shape index (κ2) is 21.3. The van der Waals surface area contributed by atoms with Gasteiger partial charge in [0.2, 0.25) is 11.6 Å². The number of carbonyl (C=O) groups is 2. The number of carbonyl (C=O) groups excluding carboxylic acids is 2. The number of nitrogens with zero attached hydrogens (tertiary/aromatic N) is 8. The van der Waals surface area contributed by atoms with Gasteiger partial charge in [-0.05, 0) is 54.6 Å². The predicted octanol–water partition coefficient (Wildman–Crippen LogP) is 11.0. The second-order valence-corrected chi connectivity index (χ2v) is 17.5. The van der Waals surface area contributed by atoms with E-state index in [2.05, 4.69) is 41.2 Å². The van der Waals surface area contributed by atoms with Crippen LogP contribution < -0.4 is 50.6 Å². The molecule has 390 valence electrons. The van der Waals surface area contributed by atoms with E-state index in [9.17, 15) is 22.8 Å². The summed E-state index contributed by atoms with van der Waals surface area (Å²) in [5.41, 5.74) is -2.04. The predicted molar refractivity (Wildman–Crippen MR) is 268 cm³/mol. The van der Waals surface area contributed by atoms with Crippen molar-refractivity contribution in [2.45, 2.75) is 6.18 Å². The Bertz CT molecular complexity index is 3530. The number of hydrazine groups is 1. The van der Waals surface area contributed by atoms with Crippen LogP contribution in [-0.4, -0.2) is 84.4 Å². The van der Waals surface area contributed by atoms with E-state index in [-0.39, 0.29) is 11.5 Å². The molecule has 8 aromatic rings. The van der Waals surface area contributed by atoms with Gasteiger partial charge >= 0.3 is 18.2 Å². The number of nitrogens with one attached hydrogen (secondary N) is 4. The van der Waals surface area contributed by atoms with Crippen molar-refractivity contribution in [1.29, 1.82) is 0 Å². The van der Waals surface area contributed by atoms with Crippen LogP contribution in [-0.2, 0) is 6.18 Å². The Kier molecular flexibility index (Phi) is 14.3. The molecule has 0 atom stereocenters. The van der Waals surface area contributed by atoms with E-state index in [1.807, 2.05) is 9.80 Å². The Labute approximate surface area is 430 Å². The summed E-state index contributed by atoms with van der Waals surface area (Å²) in [6, 6.07) is 14.2. The van der Waals surface area contributed by atoms with Crippen molar-refractivity contribution < 1.29 is 54.2 Å². The van der Waals surface area contributed by atoms with Crippen molar-refractivity contribution in [2.24, 2.45) is 0 Å². The number of benzene rings is 6. The molecule has 0 unspecified atom stereocenters. The summed E-state index contributed by atoms with van der Waals surface area (Å²) in [6.07, 6.45) is -1.70. The number of ether oxygens (including phenoxy) is 2. The third-order valence-electron chi connectivity index (χ3n) is 12.0. The van der Waals surface area contributed by atoms with Crippen molar-refractivity contribution in [2.75, 3.05) is 82.8 Å². The van der Waals surface area contributed by atoms with Crippen molar-refractivity contribution in [3.63, 3.8) is 0 Å². The standard InChI is InChI=1S/C51H39ClF8N12O4/c52-35-7-4-31(21-36(35)53)71(50(74)66-30-19-37(54)47(56)43(20-30)75-33-5-8-39-41(24-33)67-45(26-63-39)69-14-10-61-11-15-69)72(49(73)65-29-3-1-2-28(18-29)51(58,59)60)32-22-38(55)48(57)44(23-32)76-34-6-9-40-42(25-34)68-46(27-64-40)70-16-12-62-13-17-70/h1-9,18-27,61-62H,10-17H2,(H,65,73)(H,66,74). The molecule has 6 aromatic carbocycles. The number of anilines is 6. The molecule has 4 amide bonds. The van der Waals surface area contributed by atoms with E-state index in [0.29, 0.717) is 113 Å². The first-order chi connectivity index (χ1) is 36.5. The average Bonchev–Trinajstić information content (AvgIpc) is 3.42. The first-order valence-corrected chi connectivity index (χ1v) is 23.6. The molecule has 0 spiro atoms. The molecule has 16 nitrogen and oxygen atoms in total. The van der Waals surface area contributed by atoms with Gasteiger partial charge in [-0.15, -0.1) is 0 Å². The van der Waals surface area contributed by atoms with Gasteiger partial charge in [0.15, 0.2) is 23.1 Å². The van der Waals surface area contributed by atoms with Crippen LogP contribution >= 0.6 is 11.6 Å². The van der Waals surface area contributed by atoms with Gasteiger partial charge in [-0.1, -0.05) is 17.7 Å². The summed E-state index contributed by atoms with van der Waals surface area (Å²) >= 11 is 6.02. The van der Waals surface area contributed by atoms with Crippen LogP contribution in [0.1, 0.15) is 5.56 Å². The van der Waals surface area contributed by atoms with Gasteiger partial charge in [0, 0.05) is 106 Å². The molecule has 0 bridgehead atoms. The zero-order valence-electron chi connectivity index (χ0n) is 39.2. The molecule has 2 fully saturated rings. The number of aromatic nitrogens is 4. The van der Waals surface area contributed by atoms with Crippen LogP contribution in [0.3, 0.4) is 0 Å². The summed E-state index contributed by atoms with van der Waals surface area (Å²) in [5.74, 6) is -8.13. The summed E-state index contributed by atoms with van der Waals surface area (Å²) in [5, 5.41) is 11.2. The number of hydrogen-bond acceptors (Lipinski definition) is 12. The average molecular weight is 1070 g/mol. The number of piperazine rings is 2. The van der Waals surface area contributed by atoms with E-state index in [0.717, 1.165) is 49.5 Å². The number of rotatable bonds is 10. The number of fused-ring (bicyclic) bond motifs is 2. The summed E-state index contributed by atoms with van der Waals surface area (Å²) in [4.78, 5) is 51.8. The zero-order chi connectivity index (χ0) is 53.3. The maximum Gasteiger partial charge on any atom is 0.416 e. The minimum absolute atomic E-state index is 0.0234. The van der Waals surface area contributed by atoms with Gasteiger partial charge in [0.05, 0.1) is 56.4 Å². The Morgan fingerprint density at radius 2 is 1.08 bits per heavy atom. The molecule has 4 heterocycles. The number of halogens is 9. The lowest BCUT2D eigenvalue weighted by Gasteiger charge is -2.35. The number of hydrogen-bond donors (Lipinski definition) is 4. The Morgan fingerprint density at radius 3 is 1.63 bits per heavy atom. The SMILES string of the molecule is O=C(Nc1cc(F)c(F)c(Oc2ccc3ncc(N4CCNCC4)nc3c2)c1)N(c1ccc(Cl)c(F)c1)N(C(=O)Nc1cccc(C(F)(F)F)c1)c1cc(F)c(F)c(Oc2ccc3ncc(N4CCNCC4)nc3c2)c1. The van der Waals surface area contributed by atoms with Gasteiger partial charge in [-0.2, -0.15) is 32.0 Å². The molecular weight excluding hydrogens is 1030 g/mol. The fourth-order valence-corrected chi connectivity index (χ4v) is 8.40. The van der Waals surface area contributed by atoms with Gasteiger partial charge in [-0.3, -0.25) is 9.97 Å². The first kappa shape index (κ1) is 50.9. The molecule has 76 heavy (non-hydrogen) atoms. The molecule has 10 rings (SSSR count). The van der Waals surface area contributed by atoms with Crippen LogP contribution in [0, 0.1) is 29.1 Å². The van der Waals surface area contributed by atoms with E-state index < -0.39 is 92.2 Å². The minimum atomic E-state index is -4.90.